The van der Waals surface area contributed by atoms with Crippen LogP contribution in [0, 0.1) is 5.92 Å². The van der Waals surface area contributed by atoms with Crippen LogP contribution in [-0.4, -0.2) is 44.5 Å². The summed E-state index contributed by atoms with van der Waals surface area (Å²) in [6, 6.07) is -1.70. The Labute approximate surface area is 117 Å². The summed E-state index contributed by atoms with van der Waals surface area (Å²) in [5.41, 5.74) is 6.47. The van der Waals surface area contributed by atoms with Gasteiger partial charge in [0.05, 0.1) is 12.4 Å². The maximum absolute atomic E-state index is 11.8. The van der Waals surface area contributed by atoms with Crippen molar-refractivity contribution in [3.8, 4) is 0 Å². The van der Waals surface area contributed by atoms with Crippen LogP contribution >= 0.6 is 0 Å². The lowest BCUT2D eigenvalue weighted by atomic mass is 10.0. The zero-order chi connectivity index (χ0) is 14.4. The normalized spacial score (nSPS) is 13.4. The highest BCUT2D eigenvalue weighted by Gasteiger charge is 2.24. The fraction of sp³-hybridized carbons (Fsp3) is 0.583. The lowest BCUT2D eigenvalue weighted by Gasteiger charge is -2.19. The van der Waals surface area contributed by atoms with Gasteiger partial charge in [0.2, 0.25) is 5.91 Å². The van der Waals surface area contributed by atoms with Crippen LogP contribution in [0.25, 0.3) is 0 Å². The van der Waals surface area contributed by atoms with Crippen LogP contribution < -0.4 is 11.1 Å². The van der Waals surface area contributed by atoms with Crippen LogP contribution in [-0.2, 0) is 16.0 Å². The number of nitrogens with zero attached hydrogens (tertiary/aromatic N) is 1. The molecule has 20 heavy (non-hydrogen) atoms. The van der Waals surface area contributed by atoms with E-state index in [0.717, 1.165) is 5.69 Å². The SMILES string of the molecule is CC(C)CC(NC(=O)C(N)Cc1cnc[nH]1)C(=O)O.O. The average Bonchev–Trinajstić information content (AvgIpc) is 2.79. The molecule has 0 aromatic carbocycles. The highest BCUT2D eigenvalue weighted by atomic mass is 16.4. The number of carboxylic acids is 1. The number of rotatable bonds is 7. The van der Waals surface area contributed by atoms with Crippen LogP contribution in [0.5, 0.6) is 0 Å². The molecule has 0 aliphatic carbocycles. The van der Waals surface area contributed by atoms with Crippen LogP contribution in [0.15, 0.2) is 12.5 Å². The van der Waals surface area contributed by atoms with E-state index in [1.807, 2.05) is 13.8 Å². The molecular weight excluding hydrogens is 264 g/mol. The van der Waals surface area contributed by atoms with Crippen LogP contribution in [0.2, 0.25) is 0 Å². The van der Waals surface area contributed by atoms with Gasteiger partial charge in [-0.1, -0.05) is 13.8 Å². The number of amides is 1. The zero-order valence-electron chi connectivity index (χ0n) is 11.6. The summed E-state index contributed by atoms with van der Waals surface area (Å²) in [4.78, 5) is 29.5. The minimum Gasteiger partial charge on any atom is -0.480 e. The lowest BCUT2D eigenvalue weighted by molar-refractivity contribution is -0.142. The summed E-state index contributed by atoms with van der Waals surface area (Å²) in [7, 11) is 0. The largest absolute Gasteiger partial charge is 0.480 e. The maximum atomic E-state index is 11.8. The number of nitrogens with one attached hydrogen (secondary N) is 2. The first-order valence-corrected chi connectivity index (χ1v) is 6.16. The van der Waals surface area contributed by atoms with Gasteiger partial charge in [0.15, 0.2) is 0 Å². The number of aliphatic carboxylic acids is 1. The van der Waals surface area contributed by atoms with Gasteiger partial charge in [0.1, 0.15) is 6.04 Å². The number of aromatic amines is 1. The van der Waals surface area contributed by atoms with Gasteiger partial charge in [0.25, 0.3) is 0 Å². The third-order valence-electron chi connectivity index (χ3n) is 2.65. The van der Waals surface area contributed by atoms with Gasteiger partial charge in [0, 0.05) is 18.3 Å². The van der Waals surface area contributed by atoms with Gasteiger partial charge >= 0.3 is 5.97 Å². The molecule has 8 nitrogen and oxygen atoms in total. The molecule has 0 saturated heterocycles. The standard InChI is InChI=1S/C12H20N4O3.H2O/c1-7(2)3-10(12(18)19)16-11(17)9(13)4-8-5-14-6-15-8;/h5-7,9-10H,3-4,13H2,1-2H3,(H,14,15)(H,16,17)(H,18,19);1H2. The second kappa shape index (κ2) is 8.28. The van der Waals surface area contributed by atoms with Crippen molar-refractivity contribution in [2.24, 2.45) is 11.7 Å². The molecule has 1 aromatic rings. The topological polar surface area (TPSA) is 153 Å². The first kappa shape index (κ1) is 18.1. The van der Waals surface area contributed by atoms with Crippen molar-refractivity contribution >= 4 is 11.9 Å². The van der Waals surface area contributed by atoms with Gasteiger partial charge in [-0.2, -0.15) is 0 Å². The molecule has 0 bridgehead atoms. The summed E-state index contributed by atoms with van der Waals surface area (Å²) in [5, 5.41) is 11.5. The van der Waals surface area contributed by atoms with Crippen molar-refractivity contribution in [2.75, 3.05) is 0 Å². The first-order valence-electron chi connectivity index (χ1n) is 6.16. The highest BCUT2D eigenvalue weighted by Crippen LogP contribution is 2.05. The minimum absolute atomic E-state index is 0. The van der Waals surface area contributed by atoms with E-state index in [2.05, 4.69) is 15.3 Å². The third kappa shape index (κ3) is 5.81. The summed E-state index contributed by atoms with van der Waals surface area (Å²) in [6.45, 7) is 3.79. The maximum Gasteiger partial charge on any atom is 0.326 e. The van der Waals surface area contributed by atoms with Gasteiger partial charge in [-0.05, 0) is 12.3 Å². The molecule has 0 radical (unpaired) electrons. The van der Waals surface area contributed by atoms with Crippen LogP contribution in [0.4, 0.5) is 0 Å². The predicted octanol–water partition coefficient (Wildman–Crippen LogP) is -0.930. The number of imidazole rings is 1. The number of hydrogen-bond acceptors (Lipinski definition) is 4. The van der Waals surface area contributed by atoms with Gasteiger partial charge in [-0.15, -0.1) is 0 Å². The molecule has 0 fully saturated rings. The predicted molar refractivity (Wildman–Crippen MR) is 72.9 cm³/mol. The minimum atomic E-state index is -1.05. The number of aromatic nitrogens is 2. The Bertz CT molecular complexity index is 419. The highest BCUT2D eigenvalue weighted by molar-refractivity contribution is 5.86. The molecule has 0 spiro atoms. The summed E-state index contributed by atoms with van der Waals surface area (Å²) >= 11 is 0. The van der Waals surface area contributed by atoms with E-state index in [1.165, 1.54) is 6.33 Å². The fourth-order valence-electron chi connectivity index (χ4n) is 1.70. The van der Waals surface area contributed by atoms with E-state index in [0.29, 0.717) is 12.8 Å². The van der Waals surface area contributed by atoms with E-state index >= 15 is 0 Å². The zero-order valence-corrected chi connectivity index (χ0v) is 11.6. The van der Waals surface area contributed by atoms with E-state index < -0.39 is 24.0 Å². The Kier molecular flexibility index (Phi) is 7.48. The first-order chi connectivity index (χ1) is 8.90. The molecule has 2 unspecified atom stereocenters. The van der Waals surface area contributed by atoms with Crippen molar-refractivity contribution in [1.29, 1.82) is 0 Å². The third-order valence-corrected chi connectivity index (χ3v) is 2.65. The number of carbonyl (C=O) groups excluding carboxylic acids is 1. The van der Waals surface area contributed by atoms with Gasteiger partial charge < -0.3 is 26.6 Å². The number of carbonyl (C=O) groups is 2. The number of hydrogen-bond donors (Lipinski definition) is 4. The molecule has 114 valence electrons. The summed E-state index contributed by atoms with van der Waals surface area (Å²) in [5.74, 6) is -1.34. The summed E-state index contributed by atoms with van der Waals surface area (Å²) in [6.07, 6.45) is 3.74. The molecule has 7 N–H and O–H groups in total. The van der Waals surface area contributed by atoms with Crippen LogP contribution in [0.3, 0.4) is 0 Å². The van der Waals surface area contributed by atoms with E-state index in [1.54, 1.807) is 6.20 Å². The van der Waals surface area contributed by atoms with E-state index in [-0.39, 0.29) is 11.4 Å². The van der Waals surface area contributed by atoms with Crippen molar-refractivity contribution in [3.05, 3.63) is 18.2 Å². The lowest BCUT2D eigenvalue weighted by Crippen LogP contribution is -2.49. The van der Waals surface area contributed by atoms with Gasteiger partial charge in [-0.3, -0.25) is 4.79 Å². The Hall–Kier alpha value is -1.93. The van der Waals surface area contributed by atoms with Crippen molar-refractivity contribution in [2.45, 2.75) is 38.8 Å². The number of H-pyrrole nitrogens is 1. The second-order valence-electron chi connectivity index (χ2n) is 4.92. The number of carboxylic acid groups (broad SMARTS) is 1. The van der Waals surface area contributed by atoms with E-state index in [4.69, 9.17) is 10.8 Å². The molecule has 1 aromatic heterocycles. The molecule has 0 saturated carbocycles. The van der Waals surface area contributed by atoms with E-state index in [9.17, 15) is 9.59 Å². The Morgan fingerprint density at radius 3 is 2.60 bits per heavy atom. The molecule has 1 amide bonds. The quantitative estimate of drug-likeness (QED) is 0.510. The Balaban J connectivity index is 0.00000361. The average molecular weight is 286 g/mol. The molecule has 8 heteroatoms. The molecule has 1 rings (SSSR count). The van der Waals surface area contributed by atoms with Crippen molar-refractivity contribution in [1.82, 2.24) is 15.3 Å². The Morgan fingerprint density at radius 2 is 2.15 bits per heavy atom. The van der Waals surface area contributed by atoms with Gasteiger partial charge in [-0.25, -0.2) is 9.78 Å². The number of nitrogens with two attached hydrogens (primary N) is 1. The molecule has 0 aliphatic rings. The smallest absolute Gasteiger partial charge is 0.326 e. The van der Waals surface area contributed by atoms with Crippen molar-refractivity contribution in [3.63, 3.8) is 0 Å². The van der Waals surface area contributed by atoms with Crippen molar-refractivity contribution < 1.29 is 20.2 Å². The monoisotopic (exact) mass is 286 g/mol. The summed E-state index contributed by atoms with van der Waals surface area (Å²) < 4.78 is 0. The molecular formula is C12H22N4O4. The Morgan fingerprint density at radius 1 is 1.50 bits per heavy atom. The fourth-order valence-corrected chi connectivity index (χ4v) is 1.70. The molecule has 1 heterocycles. The molecule has 2 atom stereocenters. The second-order valence-corrected chi connectivity index (χ2v) is 4.92. The molecule has 0 aliphatic heterocycles. The van der Waals surface area contributed by atoms with Crippen LogP contribution in [0.1, 0.15) is 26.0 Å².